The molecule has 2 saturated carbocycles. The van der Waals surface area contributed by atoms with Crippen LogP contribution in [-0.2, 0) is 16.1 Å². The molecular formula is C18H24O4. The Morgan fingerprint density at radius 1 is 1.27 bits per heavy atom. The van der Waals surface area contributed by atoms with Crippen molar-refractivity contribution in [2.45, 2.75) is 44.5 Å². The van der Waals surface area contributed by atoms with Gasteiger partial charge in [-0.1, -0.05) is 30.3 Å². The minimum absolute atomic E-state index is 0.127. The molecule has 3 rings (SSSR count). The van der Waals surface area contributed by atoms with Crippen LogP contribution < -0.4 is 0 Å². The van der Waals surface area contributed by atoms with E-state index in [1.54, 1.807) is 6.92 Å². The molecule has 0 amide bonds. The Balaban J connectivity index is 1.61. The van der Waals surface area contributed by atoms with E-state index in [2.05, 4.69) is 0 Å². The van der Waals surface area contributed by atoms with Gasteiger partial charge in [0.25, 0.3) is 0 Å². The van der Waals surface area contributed by atoms with E-state index in [1.807, 2.05) is 30.3 Å². The highest BCUT2D eigenvalue weighted by molar-refractivity contribution is 5.84. The van der Waals surface area contributed by atoms with Crippen LogP contribution in [0, 0.1) is 17.8 Å². The molecule has 0 radical (unpaired) electrons. The van der Waals surface area contributed by atoms with Crippen LogP contribution >= 0.6 is 0 Å². The number of hydrogen-bond acceptors (Lipinski definition) is 4. The lowest BCUT2D eigenvalue weighted by Crippen LogP contribution is -2.51. The predicted molar refractivity (Wildman–Crippen MR) is 82.1 cm³/mol. The van der Waals surface area contributed by atoms with E-state index in [1.165, 1.54) is 0 Å². The van der Waals surface area contributed by atoms with Gasteiger partial charge in [0, 0.05) is 18.3 Å². The Morgan fingerprint density at radius 2 is 2.00 bits per heavy atom. The summed E-state index contributed by atoms with van der Waals surface area (Å²) in [5.74, 6) is 0.000808. The lowest BCUT2D eigenvalue weighted by molar-refractivity contribution is -0.141. The maximum Gasteiger partial charge on any atom is 0.138 e. The SMILES string of the molecule is C[C@]1(O)[C@@H]2CC(=O)[C@H](COCc3ccccc3)[C@H]2CC[C@@H]1O. The van der Waals surface area contributed by atoms with Crippen LogP contribution in [-0.4, -0.2) is 34.3 Å². The highest BCUT2D eigenvalue weighted by Crippen LogP contribution is 2.49. The third kappa shape index (κ3) is 2.83. The average molecular weight is 304 g/mol. The number of ether oxygens (including phenoxy) is 1. The number of fused-ring (bicyclic) bond motifs is 1. The first-order chi connectivity index (χ1) is 10.5. The molecule has 22 heavy (non-hydrogen) atoms. The number of aliphatic hydroxyl groups is 2. The first-order valence-electron chi connectivity index (χ1n) is 8.05. The largest absolute Gasteiger partial charge is 0.390 e. The Hall–Kier alpha value is -1.23. The molecule has 0 heterocycles. The van der Waals surface area contributed by atoms with Gasteiger partial charge in [-0.2, -0.15) is 0 Å². The van der Waals surface area contributed by atoms with Gasteiger partial charge in [0.15, 0.2) is 0 Å². The number of carbonyl (C=O) groups is 1. The minimum Gasteiger partial charge on any atom is -0.390 e. The van der Waals surface area contributed by atoms with Crippen LogP contribution in [0.1, 0.15) is 31.7 Å². The summed E-state index contributed by atoms with van der Waals surface area (Å²) >= 11 is 0. The summed E-state index contributed by atoms with van der Waals surface area (Å²) in [5.41, 5.74) is -0.0669. The molecule has 0 aliphatic heterocycles. The number of ketones is 1. The number of Topliss-reactive ketones (excluding diaryl/α,β-unsaturated/α-hetero) is 1. The van der Waals surface area contributed by atoms with E-state index >= 15 is 0 Å². The second-order valence-electron chi connectivity index (χ2n) is 6.87. The van der Waals surface area contributed by atoms with Crippen LogP contribution in [0.3, 0.4) is 0 Å². The van der Waals surface area contributed by atoms with Crippen molar-refractivity contribution < 1.29 is 19.7 Å². The first kappa shape index (κ1) is 15.7. The maximum absolute atomic E-state index is 12.3. The topological polar surface area (TPSA) is 66.8 Å². The number of aliphatic hydroxyl groups excluding tert-OH is 1. The summed E-state index contributed by atoms with van der Waals surface area (Å²) in [4.78, 5) is 12.3. The van der Waals surface area contributed by atoms with E-state index in [4.69, 9.17) is 4.74 Å². The minimum atomic E-state index is -1.16. The summed E-state index contributed by atoms with van der Waals surface area (Å²) in [7, 11) is 0. The van der Waals surface area contributed by atoms with Crippen LogP contribution in [0.5, 0.6) is 0 Å². The van der Waals surface area contributed by atoms with Gasteiger partial charge < -0.3 is 14.9 Å². The number of benzene rings is 1. The van der Waals surface area contributed by atoms with Crippen molar-refractivity contribution in [1.82, 2.24) is 0 Å². The normalized spacial score (nSPS) is 38.0. The molecular weight excluding hydrogens is 280 g/mol. The van der Waals surface area contributed by atoms with Crippen molar-refractivity contribution >= 4 is 5.78 Å². The molecule has 2 aliphatic carbocycles. The Kier molecular flexibility index (Phi) is 4.35. The fourth-order valence-electron chi connectivity index (χ4n) is 4.07. The Bertz CT molecular complexity index is 525. The van der Waals surface area contributed by atoms with Gasteiger partial charge >= 0.3 is 0 Å². The third-order valence-electron chi connectivity index (χ3n) is 5.48. The smallest absolute Gasteiger partial charge is 0.138 e. The number of hydrogen-bond donors (Lipinski definition) is 2. The van der Waals surface area contributed by atoms with Gasteiger partial charge in [-0.3, -0.25) is 4.79 Å². The summed E-state index contributed by atoms with van der Waals surface area (Å²) in [6, 6.07) is 9.90. The molecule has 2 N–H and O–H groups in total. The number of rotatable bonds is 4. The predicted octanol–water partition coefficient (Wildman–Crippen LogP) is 1.93. The van der Waals surface area contributed by atoms with Gasteiger partial charge in [0.05, 0.1) is 24.9 Å². The van der Waals surface area contributed by atoms with Crippen LogP contribution in [0.4, 0.5) is 0 Å². The van der Waals surface area contributed by atoms with Crippen molar-refractivity contribution in [3.8, 4) is 0 Å². The zero-order valence-corrected chi connectivity index (χ0v) is 12.9. The van der Waals surface area contributed by atoms with Crippen LogP contribution in [0.2, 0.25) is 0 Å². The van der Waals surface area contributed by atoms with E-state index in [0.717, 1.165) is 12.0 Å². The Labute approximate surface area is 131 Å². The highest BCUT2D eigenvalue weighted by Gasteiger charge is 2.55. The molecule has 0 saturated heterocycles. The van der Waals surface area contributed by atoms with Crippen molar-refractivity contribution in [3.05, 3.63) is 35.9 Å². The third-order valence-corrected chi connectivity index (χ3v) is 5.48. The quantitative estimate of drug-likeness (QED) is 0.892. The second kappa shape index (κ2) is 6.11. The first-order valence-corrected chi connectivity index (χ1v) is 8.05. The molecule has 2 aliphatic rings. The molecule has 5 atom stereocenters. The van der Waals surface area contributed by atoms with Crippen molar-refractivity contribution in [1.29, 1.82) is 0 Å². The standard InChI is InChI=1S/C18H24O4/c1-18(21)15-9-16(19)14(13(15)7-8-17(18)20)11-22-10-12-5-3-2-4-6-12/h2-6,13-15,17,20-21H,7-11H2,1H3/t13-,14-,15-,17+,18+/m1/s1. The molecule has 0 spiro atoms. The van der Waals surface area contributed by atoms with E-state index in [9.17, 15) is 15.0 Å². The molecule has 0 unspecified atom stereocenters. The highest BCUT2D eigenvalue weighted by atomic mass is 16.5. The lowest BCUT2D eigenvalue weighted by Gasteiger charge is -2.43. The van der Waals surface area contributed by atoms with E-state index in [0.29, 0.717) is 26.1 Å². The zero-order valence-electron chi connectivity index (χ0n) is 12.9. The summed E-state index contributed by atoms with van der Waals surface area (Å²) in [6.45, 7) is 2.57. The molecule has 2 fully saturated rings. The van der Waals surface area contributed by atoms with Gasteiger partial charge in [-0.05, 0) is 31.2 Å². The fraction of sp³-hybridized carbons (Fsp3) is 0.611. The molecule has 0 aromatic heterocycles. The van der Waals surface area contributed by atoms with Crippen molar-refractivity contribution in [2.75, 3.05) is 6.61 Å². The van der Waals surface area contributed by atoms with Gasteiger partial charge in [-0.15, -0.1) is 0 Å². The van der Waals surface area contributed by atoms with Crippen LogP contribution in [0.15, 0.2) is 30.3 Å². The maximum atomic E-state index is 12.3. The average Bonchev–Trinajstić information content (AvgIpc) is 2.82. The molecule has 1 aromatic carbocycles. The van der Waals surface area contributed by atoms with Gasteiger partial charge in [0.1, 0.15) is 5.78 Å². The molecule has 120 valence electrons. The fourth-order valence-corrected chi connectivity index (χ4v) is 4.07. The van der Waals surface area contributed by atoms with Crippen molar-refractivity contribution in [2.24, 2.45) is 17.8 Å². The van der Waals surface area contributed by atoms with Gasteiger partial charge in [-0.25, -0.2) is 0 Å². The molecule has 4 heteroatoms. The lowest BCUT2D eigenvalue weighted by atomic mass is 9.68. The zero-order chi connectivity index (χ0) is 15.7. The number of carbonyl (C=O) groups excluding carboxylic acids is 1. The molecule has 0 bridgehead atoms. The monoisotopic (exact) mass is 304 g/mol. The summed E-state index contributed by atoms with van der Waals surface area (Å²) in [6.07, 6.45) is 0.961. The van der Waals surface area contributed by atoms with Crippen molar-refractivity contribution in [3.63, 3.8) is 0 Å². The van der Waals surface area contributed by atoms with E-state index in [-0.39, 0.29) is 23.5 Å². The molecule has 4 nitrogen and oxygen atoms in total. The van der Waals surface area contributed by atoms with E-state index < -0.39 is 11.7 Å². The molecule has 1 aromatic rings. The van der Waals surface area contributed by atoms with Crippen LogP contribution in [0.25, 0.3) is 0 Å². The van der Waals surface area contributed by atoms with Gasteiger partial charge in [0.2, 0.25) is 0 Å². The Morgan fingerprint density at radius 3 is 2.73 bits per heavy atom. The second-order valence-corrected chi connectivity index (χ2v) is 6.87. The summed E-state index contributed by atoms with van der Waals surface area (Å²) < 4.78 is 5.75. The summed E-state index contributed by atoms with van der Waals surface area (Å²) in [5, 5.41) is 20.5.